The fraction of sp³-hybridized carbons (Fsp3) is 0.345. The van der Waals surface area contributed by atoms with Crippen LogP contribution in [-0.4, -0.2) is 26.9 Å². The van der Waals surface area contributed by atoms with E-state index in [1.807, 2.05) is 50.3 Å². The van der Waals surface area contributed by atoms with Gasteiger partial charge in [-0.25, -0.2) is 4.39 Å². The van der Waals surface area contributed by atoms with Crippen LogP contribution in [0.25, 0.3) is 11.8 Å². The average molecular weight is 490 g/mol. The molecule has 1 saturated carbocycles. The molecule has 4 nitrogen and oxygen atoms in total. The molecule has 2 heterocycles. The number of para-hydroxylation sites is 1. The molecule has 1 aliphatic carbocycles. The van der Waals surface area contributed by atoms with E-state index in [2.05, 4.69) is 27.8 Å². The fourth-order valence-electron chi connectivity index (χ4n) is 5.43. The molecule has 2 aromatic carbocycles. The second kappa shape index (κ2) is 9.94. The molecule has 3 aromatic rings. The SMILES string of the molecule is Cc1cc(/C=C2\SC(Nc3ccccc3)N([C@H]3CCCC[C@H]3C)C2=O)c(C)n1-c1ccc(F)cc1. The van der Waals surface area contributed by atoms with Crippen molar-refractivity contribution in [2.24, 2.45) is 5.92 Å². The molecule has 0 spiro atoms. The maximum absolute atomic E-state index is 13.8. The van der Waals surface area contributed by atoms with E-state index in [-0.39, 0.29) is 23.3 Å². The number of hydrogen-bond donors (Lipinski definition) is 1. The Hall–Kier alpha value is -2.99. The van der Waals surface area contributed by atoms with Gasteiger partial charge in [0.2, 0.25) is 0 Å². The highest BCUT2D eigenvalue weighted by atomic mass is 32.2. The number of thioether (sulfide) groups is 1. The molecule has 0 bridgehead atoms. The molecule has 1 amide bonds. The molecule has 2 fully saturated rings. The number of nitrogens with one attached hydrogen (secondary N) is 1. The summed E-state index contributed by atoms with van der Waals surface area (Å²) in [6, 6.07) is 19.0. The third-order valence-electron chi connectivity index (χ3n) is 7.27. The lowest BCUT2D eigenvalue weighted by atomic mass is 9.85. The van der Waals surface area contributed by atoms with Crippen molar-refractivity contribution in [2.45, 2.75) is 58.0 Å². The molecule has 1 aromatic heterocycles. The van der Waals surface area contributed by atoms with Crippen molar-refractivity contribution in [2.75, 3.05) is 5.32 Å². The molecule has 3 atom stereocenters. The number of amides is 1. The summed E-state index contributed by atoms with van der Waals surface area (Å²) in [4.78, 5) is 16.7. The van der Waals surface area contributed by atoms with Gasteiger partial charge < -0.3 is 14.8 Å². The highest BCUT2D eigenvalue weighted by molar-refractivity contribution is 8.05. The van der Waals surface area contributed by atoms with E-state index in [9.17, 15) is 9.18 Å². The van der Waals surface area contributed by atoms with Gasteiger partial charge in [-0.15, -0.1) is 0 Å². The first-order chi connectivity index (χ1) is 16.9. The van der Waals surface area contributed by atoms with Crippen LogP contribution in [0.3, 0.4) is 0 Å². The van der Waals surface area contributed by atoms with Gasteiger partial charge in [-0.1, -0.05) is 49.7 Å². The van der Waals surface area contributed by atoms with Crippen LogP contribution < -0.4 is 5.32 Å². The highest BCUT2D eigenvalue weighted by Gasteiger charge is 2.43. The second-order valence-corrected chi connectivity index (χ2v) is 10.8. The molecule has 35 heavy (non-hydrogen) atoms. The van der Waals surface area contributed by atoms with Gasteiger partial charge in [0.05, 0.1) is 4.91 Å². The van der Waals surface area contributed by atoms with Gasteiger partial charge in [0.25, 0.3) is 5.91 Å². The number of hydrogen-bond acceptors (Lipinski definition) is 3. The first-order valence-corrected chi connectivity index (χ1v) is 13.3. The second-order valence-electron chi connectivity index (χ2n) is 9.67. The fourth-order valence-corrected chi connectivity index (χ4v) is 6.63. The predicted molar refractivity (Wildman–Crippen MR) is 143 cm³/mol. The number of aromatic nitrogens is 1. The van der Waals surface area contributed by atoms with Crippen LogP contribution in [0.5, 0.6) is 0 Å². The molecule has 1 N–H and O–H groups in total. The van der Waals surface area contributed by atoms with Crippen molar-refractivity contribution < 1.29 is 9.18 Å². The lowest BCUT2D eigenvalue weighted by Crippen LogP contribution is -2.48. The van der Waals surface area contributed by atoms with Crippen LogP contribution in [0.15, 0.2) is 65.6 Å². The molecule has 1 aliphatic heterocycles. The van der Waals surface area contributed by atoms with Crippen molar-refractivity contribution in [1.82, 2.24) is 9.47 Å². The first-order valence-electron chi connectivity index (χ1n) is 12.4. The number of rotatable bonds is 5. The topological polar surface area (TPSA) is 37.3 Å². The monoisotopic (exact) mass is 489 g/mol. The largest absolute Gasteiger partial charge is 0.356 e. The zero-order valence-corrected chi connectivity index (χ0v) is 21.3. The summed E-state index contributed by atoms with van der Waals surface area (Å²) in [5.41, 5.74) is 4.89. The van der Waals surface area contributed by atoms with E-state index in [0.29, 0.717) is 5.92 Å². The maximum Gasteiger partial charge on any atom is 0.262 e. The Morgan fingerprint density at radius 2 is 1.74 bits per heavy atom. The Labute approximate surface area is 211 Å². The Morgan fingerprint density at radius 1 is 1.03 bits per heavy atom. The average Bonchev–Trinajstić information content (AvgIpc) is 3.30. The van der Waals surface area contributed by atoms with Crippen LogP contribution in [-0.2, 0) is 4.79 Å². The van der Waals surface area contributed by atoms with E-state index in [1.54, 1.807) is 23.9 Å². The molecule has 5 rings (SSSR count). The zero-order valence-electron chi connectivity index (χ0n) is 20.5. The Kier molecular flexibility index (Phi) is 6.74. The number of anilines is 1. The van der Waals surface area contributed by atoms with E-state index in [0.717, 1.165) is 46.1 Å². The van der Waals surface area contributed by atoms with Gasteiger partial charge in [-0.3, -0.25) is 4.79 Å². The Balaban J connectivity index is 1.49. The summed E-state index contributed by atoms with van der Waals surface area (Å²) in [6.45, 7) is 6.37. The van der Waals surface area contributed by atoms with Crippen LogP contribution in [0.4, 0.5) is 10.1 Å². The van der Waals surface area contributed by atoms with E-state index < -0.39 is 0 Å². The van der Waals surface area contributed by atoms with Gasteiger partial charge in [-0.05, 0) is 86.7 Å². The summed E-state index contributed by atoms with van der Waals surface area (Å²) in [7, 11) is 0. The Morgan fingerprint density at radius 3 is 2.46 bits per heavy atom. The third-order valence-corrected chi connectivity index (χ3v) is 8.38. The van der Waals surface area contributed by atoms with Crippen LogP contribution >= 0.6 is 11.8 Å². The van der Waals surface area contributed by atoms with Crippen molar-refractivity contribution in [3.63, 3.8) is 0 Å². The van der Waals surface area contributed by atoms with Gasteiger partial charge in [-0.2, -0.15) is 0 Å². The number of aryl methyl sites for hydroxylation is 1. The molecule has 1 unspecified atom stereocenters. The Bertz CT molecular complexity index is 1230. The third kappa shape index (κ3) is 4.76. The summed E-state index contributed by atoms with van der Waals surface area (Å²) in [5.74, 6) is 0.338. The normalized spacial score (nSPS) is 23.8. The predicted octanol–water partition coefficient (Wildman–Crippen LogP) is 7.12. The van der Waals surface area contributed by atoms with Gasteiger partial charge in [0.15, 0.2) is 5.50 Å². The molecular weight excluding hydrogens is 457 g/mol. The van der Waals surface area contributed by atoms with Gasteiger partial charge in [0, 0.05) is 28.8 Å². The molecular formula is C29H32FN3OS. The molecule has 6 heteroatoms. The standard InChI is InChI=1S/C29H32FN3OS/c1-19-9-7-8-12-26(19)33-28(34)27(35-29(33)31-24-10-5-4-6-11-24)18-22-17-20(2)32(21(22)3)25-15-13-23(30)14-16-25/h4-6,10-11,13-19,26,29,31H,7-9,12H2,1-3H3/b27-18-/t19-,26+,29?/m1/s1. The molecule has 2 aliphatic rings. The van der Waals surface area contributed by atoms with Crippen molar-refractivity contribution in [3.8, 4) is 5.69 Å². The minimum absolute atomic E-state index is 0.105. The van der Waals surface area contributed by atoms with Crippen LogP contribution in [0, 0.1) is 25.6 Å². The van der Waals surface area contributed by atoms with Crippen molar-refractivity contribution >= 4 is 29.4 Å². The molecule has 182 valence electrons. The number of nitrogens with zero attached hydrogens (tertiary/aromatic N) is 2. The van der Waals surface area contributed by atoms with E-state index >= 15 is 0 Å². The lowest BCUT2D eigenvalue weighted by Gasteiger charge is -2.39. The van der Waals surface area contributed by atoms with Crippen LogP contribution in [0.1, 0.15) is 49.6 Å². The summed E-state index contributed by atoms with van der Waals surface area (Å²) in [5, 5.41) is 3.60. The summed E-state index contributed by atoms with van der Waals surface area (Å²) >= 11 is 1.60. The highest BCUT2D eigenvalue weighted by Crippen LogP contribution is 2.42. The first kappa shape index (κ1) is 23.7. The zero-order chi connectivity index (χ0) is 24.5. The van der Waals surface area contributed by atoms with Crippen molar-refractivity contribution in [3.05, 3.63) is 88.3 Å². The summed E-state index contributed by atoms with van der Waals surface area (Å²) in [6.07, 6.45) is 6.64. The van der Waals surface area contributed by atoms with E-state index in [4.69, 9.17) is 0 Å². The number of carbonyl (C=O) groups is 1. The van der Waals surface area contributed by atoms with Crippen molar-refractivity contribution in [1.29, 1.82) is 0 Å². The van der Waals surface area contributed by atoms with Gasteiger partial charge in [0.1, 0.15) is 5.82 Å². The lowest BCUT2D eigenvalue weighted by molar-refractivity contribution is -0.129. The minimum atomic E-state index is -0.250. The number of benzene rings is 2. The van der Waals surface area contributed by atoms with Crippen LogP contribution in [0.2, 0.25) is 0 Å². The number of halogens is 1. The van der Waals surface area contributed by atoms with E-state index in [1.165, 1.54) is 25.0 Å². The minimum Gasteiger partial charge on any atom is -0.356 e. The molecule has 0 radical (unpaired) electrons. The quantitative estimate of drug-likeness (QED) is 0.388. The van der Waals surface area contributed by atoms with Gasteiger partial charge >= 0.3 is 0 Å². The summed E-state index contributed by atoms with van der Waals surface area (Å²) < 4.78 is 15.6. The molecule has 1 saturated heterocycles. The maximum atomic E-state index is 13.8. The smallest absolute Gasteiger partial charge is 0.262 e. The number of carbonyl (C=O) groups excluding carboxylic acids is 1.